The number of hydrogen-bond acceptors (Lipinski definition) is 3. The Balaban J connectivity index is 1.87. The Hall–Kier alpha value is -1.71. The summed E-state index contributed by atoms with van der Waals surface area (Å²) < 4.78 is 11.2. The molecule has 0 bridgehead atoms. The molecule has 0 radical (unpaired) electrons. The van der Waals surface area contributed by atoms with Crippen molar-refractivity contribution in [3.8, 4) is 11.5 Å². The highest BCUT2D eigenvalue weighted by atomic mass is 16.5. The fourth-order valence-corrected chi connectivity index (χ4v) is 2.40. The second kappa shape index (κ2) is 7.91. The molecule has 1 aromatic rings. The van der Waals surface area contributed by atoms with Crippen molar-refractivity contribution in [3.05, 3.63) is 23.8 Å². The van der Waals surface area contributed by atoms with Crippen molar-refractivity contribution in [2.24, 2.45) is 5.92 Å². The van der Waals surface area contributed by atoms with E-state index < -0.39 is 0 Å². The van der Waals surface area contributed by atoms with Crippen LogP contribution < -0.4 is 14.8 Å². The van der Waals surface area contributed by atoms with Gasteiger partial charge in [-0.1, -0.05) is 12.5 Å². The van der Waals surface area contributed by atoms with Gasteiger partial charge in [-0.25, -0.2) is 0 Å². The lowest BCUT2D eigenvalue weighted by atomic mass is 9.85. The van der Waals surface area contributed by atoms with Crippen molar-refractivity contribution in [2.75, 3.05) is 19.8 Å². The summed E-state index contributed by atoms with van der Waals surface area (Å²) in [6.07, 6.45) is 4.09. The van der Waals surface area contributed by atoms with Crippen LogP contribution in [0.25, 0.3) is 0 Å². The maximum absolute atomic E-state index is 11.8. The average molecular weight is 291 g/mol. The SMILES string of the molecule is CCOc1ccc(CCNC(=O)C2CCC2)cc1OCC. The summed E-state index contributed by atoms with van der Waals surface area (Å²) in [6, 6.07) is 5.98. The minimum absolute atomic E-state index is 0.206. The molecule has 0 spiro atoms. The second-order valence-electron chi connectivity index (χ2n) is 5.32. The molecule has 4 nitrogen and oxygen atoms in total. The molecule has 1 N–H and O–H groups in total. The van der Waals surface area contributed by atoms with Crippen LogP contribution in [0.5, 0.6) is 11.5 Å². The van der Waals surface area contributed by atoms with E-state index in [-0.39, 0.29) is 11.8 Å². The first-order chi connectivity index (χ1) is 10.2. The molecule has 0 atom stereocenters. The first-order valence-electron chi connectivity index (χ1n) is 7.90. The van der Waals surface area contributed by atoms with E-state index in [1.54, 1.807) is 0 Å². The molecule has 0 saturated heterocycles. The average Bonchev–Trinajstić information content (AvgIpc) is 2.40. The number of nitrogens with one attached hydrogen (secondary N) is 1. The Morgan fingerprint density at radius 3 is 2.52 bits per heavy atom. The zero-order valence-electron chi connectivity index (χ0n) is 13.0. The normalized spacial score (nSPS) is 14.4. The van der Waals surface area contributed by atoms with E-state index in [9.17, 15) is 4.79 Å². The monoisotopic (exact) mass is 291 g/mol. The lowest BCUT2D eigenvalue weighted by Gasteiger charge is -2.24. The van der Waals surface area contributed by atoms with Crippen LogP contribution in [0.3, 0.4) is 0 Å². The Bertz CT molecular complexity index is 469. The number of carbonyl (C=O) groups is 1. The summed E-state index contributed by atoms with van der Waals surface area (Å²) >= 11 is 0. The quantitative estimate of drug-likeness (QED) is 0.801. The third-order valence-electron chi connectivity index (χ3n) is 3.80. The zero-order chi connectivity index (χ0) is 15.1. The highest BCUT2D eigenvalue weighted by Gasteiger charge is 2.24. The van der Waals surface area contributed by atoms with Crippen LogP contribution in [0.2, 0.25) is 0 Å². The first kappa shape index (κ1) is 15.7. The van der Waals surface area contributed by atoms with E-state index in [1.807, 2.05) is 32.0 Å². The minimum Gasteiger partial charge on any atom is -0.490 e. The van der Waals surface area contributed by atoms with Gasteiger partial charge in [0.1, 0.15) is 0 Å². The van der Waals surface area contributed by atoms with Crippen molar-refractivity contribution >= 4 is 5.91 Å². The standard InChI is InChI=1S/C17H25NO3/c1-3-20-15-9-8-13(12-16(15)21-4-2)10-11-18-17(19)14-6-5-7-14/h8-9,12,14H,3-7,10-11H2,1-2H3,(H,18,19). The number of rotatable bonds is 8. The minimum atomic E-state index is 0.206. The largest absolute Gasteiger partial charge is 0.490 e. The van der Waals surface area contributed by atoms with Gasteiger partial charge in [-0.05, 0) is 50.8 Å². The van der Waals surface area contributed by atoms with Crippen molar-refractivity contribution in [3.63, 3.8) is 0 Å². The molecule has 1 aliphatic rings. The smallest absolute Gasteiger partial charge is 0.223 e. The van der Waals surface area contributed by atoms with Gasteiger partial charge in [0, 0.05) is 12.5 Å². The van der Waals surface area contributed by atoms with Crippen LogP contribution in [0, 0.1) is 5.92 Å². The maximum atomic E-state index is 11.8. The summed E-state index contributed by atoms with van der Waals surface area (Å²) in [5.41, 5.74) is 1.15. The molecule has 21 heavy (non-hydrogen) atoms. The molecule has 0 heterocycles. The lowest BCUT2D eigenvalue weighted by molar-refractivity contribution is -0.127. The molecular weight excluding hydrogens is 266 g/mol. The van der Waals surface area contributed by atoms with E-state index in [2.05, 4.69) is 5.32 Å². The number of ether oxygens (including phenoxy) is 2. The maximum Gasteiger partial charge on any atom is 0.223 e. The van der Waals surface area contributed by atoms with Crippen molar-refractivity contribution < 1.29 is 14.3 Å². The summed E-state index contributed by atoms with van der Waals surface area (Å²) in [5, 5.41) is 3.01. The predicted molar refractivity (Wildman–Crippen MR) is 82.8 cm³/mol. The van der Waals surface area contributed by atoms with Gasteiger partial charge in [0.2, 0.25) is 5.91 Å². The van der Waals surface area contributed by atoms with Crippen LogP contribution in [-0.4, -0.2) is 25.7 Å². The lowest BCUT2D eigenvalue weighted by Crippen LogP contribution is -2.35. The Morgan fingerprint density at radius 1 is 1.19 bits per heavy atom. The fraction of sp³-hybridized carbons (Fsp3) is 0.588. The van der Waals surface area contributed by atoms with Crippen molar-refractivity contribution in [2.45, 2.75) is 39.5 Å². The van der Waals surface area contributed by atoms with Gasteiger partial charge in [0.05, 0.1) is 13.2 Å². The fourth-order valence-electron chi connectivity index (χ4n) is 2.40. The van der Waals surface area contributed by atoms with Crippen LogP contribution in [0.4, 0.5) is 0 Å². The van der Waals surface area contributed by atoms with Gasteiger partial charge >= 0.3 is 0 Å². The van der Waals surface area contributed by atoms with Gasteiger partial charge in [-0.15, -0.1) is 0 Å². The van der Waals surface area contributed by atoms with Crippen LogP contribution in [0.15, 0.2) is 18.2 Å². The molecule has 1 amide bonds. The van der Waals surface area contributed by atoms with Gasteiger partial charge in [0.15, 0.2) is 11.5 Å². The Morgan fingerprint density at radius 2 is 1.90 bits per heavy atom. The number of hydrogen-bond donors (Lipinski definition) is 1. The van der Waals surface area contributed by atoms with Crippen molar-refractivity contribution in [1.82, 2.24) is 5.32 Å². The summed E-state index contributed by atoms with van der Waals surface area (Å²) in [6.45, 7) is 5.83. The Kier molecular flexibility index (Phi) is 5.90. The Labute approximate surface area is 126 Å². The van der Waals surface area contributed by atoms with Crippen LogP contribution in [-0.2, 0) is 11.2 Å². The predicted octanol–water partition coefficient (Wildman–Crippen LogP) is 2.94. The second-order valence-corrected chi connectivity index (χ2v) is 5.32. The molecule has 116 valence electrons. The van der Waals surface area contributed by atoms with Crippen molar-refractivity contribution in [1.29, 1.82) is 0 Å². The molecular formula is C17H25NO3. The molecule has 1 aromatic carbocycles. The van der Waals surface area contributed by atoms with Gasteiger partial charge in [0.25, 0.3) is 0 Å². The van der Waals surface area contributed by atoms with E-state index in [0.717, 1.165) is 36.3 Å². The number of benzene rings is 1. The number of amides is 1. The molecule has 4 heteroatoms. The highest BCUT2D eigenvalue weighted by Crippen LogP contribution is 2.29. The zero-order valence-corrected chi connectivity index (χ0v) is 13.0. The molecule has 0 aromatic heterocycles. The summed E-state index contributed by atoms with van der Waals surface area (Å²) in [5.74, 6) is 2.02. The molecule has 2 rings (SSSR count). The number of carbonyl (C=O) groups excluding carboxylic acids is 1. The third kappa shape index (κ3) is 4.38. The topological polar surface area (TPSA) is 47.6 Å². The summed E-state index contributed by atoms with van der Waals surface area (Å²) in [4.78, 5) is 11.8. The molecule has 1 fully saturated rings. The molecule has 1 aliphatic carbocycles. The third-order valence-corrected chi connectivity index (χ3v) is 3.80. The van der Waals surface area contributed by atoms with Gasteiger partial charge in [-0.2, -0.15) is 0 Å². The van der Waals surface area contributed by atoms with Crippen LogP contribution >= 0.6 is 0 Å². The van der Waals surface area contributed by atoms with E-state index in [1.165, 1.54) is 6.42 Å². The van der Waals surface area contributed by atoms with Gasteiger partial charge in [-0.3, -0.25) is 4.79 Å². The first-order valence-corrected chi connectivity index (χ1v) is 7.90. The highest BCUT2D eigenvalue weighted by molar-refractivity contribution is 5.79. The van der Waals surface area contributed by atoms with Crippen LogP contribution in [0.1, 0.15) is 38.7 Å². The molecule has 0 aliphatic heterocycles. The van der Waals surface area contributed by atoms with Gasteiger partial charge < -0.3 is 14.8 Å². The van der Waals surface area contributed by atoms with E-state index in [4.69, 9.17) is 9.47 Å². The van der Waals surface area contributed by atoms with E-state index in [0.29, 0.717) is 19.8 Å². The molecule has 0 unspecified atom stereocenters. The summed E-state index contributed by atoms with van der Waals surface area (Å²) in [7, 11) is 0. The molecule has 1 saturated carbocycles. The van der Waals surface area contributed by atoms with E-state index >= 15 is 0 Å².